The number of H-pyrrole nitrogens is 1. The lowest BCUT2D eigenvalue weighted by Gasteiger charge is -2.11. The maximum absolute atomic E-state index is 13.0. The van der Waals surface area contributed by atoms with Crippen LogP contribution in [0.3, 0.4) is 0 Å². The number of benzene rings is 1. The Kier molecular flexibility index (Phi) is 5.94. The second-order valence-corrected chi connectivity index (χ2v) is 8.70. The van der Waals surface area contributed by atoms with Crippen LogP contribution >= 0.6 is 0 Å². The van der Waals surface area contributed by atoms with Crippen molar-refractivity contribution in [1.29, 1.82) is 0 Å². The van der Waals surface area contributed by atoms with Gasteiger partial charge in [0, 0.05) is 36.6 Å². The summed E-state index contributed by atoms with van der Waals surface area (Å²) in [6.07, 6.45) is 0.434. The second-order valence-electron chi connectivity index (χ2n) is 6.69. The van der Waals surface area contributed by atoms with Crippen LogP contribution in [0.2, 0.25) is 0 Å². The van der Waals surface area contributed by atoms with Gasteiger partial charge >= 0.3 is 5.69 Å². The van der Waals surface area contributed by atoms with E-state index in [0.29, 0.717) is 11.1 Å². The molecular formula is C19H19F2N5O3S. The quantitative estimate of drug-likeness (QED) is 0.610. The largest absolute Gasteiger partial charge is 0.349 e. The average Bonchev–Trinajstić information content (AvgIpc) is 3.05. The van der Waals surface area contributed by atoms with Gasteiger partial charge in [0.1, 0.15) is 11.6 Å². The number of aromatic nitrogens is 4. The predicted octanol–water partition coefficient (Wildman–Crippen LogP) is 1.99. The summed E-state index contributed by atoms with van der Waals surface area (Å²) < 4.78 is 50.3. The van der Waals surface area contributed by atoms with E-state index in [1.165, 1.54) is 18.3 Å². The number of aromatic amines is 1. The SMILES string of the molecule is Cc1cc(-c2ccc(S(C)(=O)=O)cc2)cnc1-n1c(CC(CN)=C(F)F)n[nH]c1=O. The molecule has 0 bridgehead atoms. The van der Waals surface area contributed by atoms with Crippen LogP contribution in [-0.4, -0.2) is 41.0 Å². The van der Waals surface area contributed by atoms with Gasteiger partial charge in [-0.1, -0.05) is 12.1 Å². The topological polar surface area (TPSA) is 124 Å². The molecule has 0 aliphatic rings. The Balaban J connectivity index is 2.00. The smallest absolute Gasteiger partial charge is 0.327 e. The molecule has 30 heavy (non-hydrogen) atoms. The van der Waals surface area contributed by atoms with Crippen molar-refractivity contribution in [3.05, 3.63) is 70.1 Å². The third kappa shape index (κ3) is 4.36. The highest BCUT2D eigenvalue weighted by Crippen LogP contribution is 2.24. The van der Waals surface area contributed by atoms with Crippen LogP contribution in [0.4, 0.5) is 8.78 Å². The number of sulfone groups is 1. The maximum atomic E-state index is 13.0. The first-order valence-corrected chi connectivity index (χ1v) is 10.7. The molecule has 2 heterocycles. The van der Waals surface area contributed by atoms with Gasteiger partial charge in [0.15, 0.2) is 9.84 Å². The number of nitrogens with two attached hydrogens (primary N) is 1. The average molecular weight is 435 g/mol. The molecule has 3 rings (SSSR count). The molecule has 0 aliphatic carbocycles. The van der Waals surface area contributed by atoms with Crippen LogP contribution in [0.5, 0.6) is 0 Å². The standard InChI is InChI=1S/C19H19F2N5O3S/c1-11-7-14(12-3-5-15(6-4-12)30(2,28)29)10-23-18(11)26-16(24-25-19(26)27)8-13(9-22)17(20)21/h3-7,10H,8-9,22H2,1-2H3,(H,25,27). The highest BCUT2D eigenvalue weighted by molar-refractivity contribution is 7.90. The van der Waals surface area contributed by atoms with Gasteiger partial charge < -0.3 is 5.73 Å². The van der Waals surface area contributed by atoms with Gasteiger partial charge in [-0.3, -0.25) is 0 Å². The molecule has 0 aliphatic heterocycles. The third-order valence-corrected chi connectivity index (χ3v) is 5.63. The first-order valence-electron chi connectivity index (χ1n) is 8.78. The molecule has 0 amide bonds. The summed E-state index contributed by atoms with van der Waals surface area (Å²) >= 11 is 0. The number of pyridine rings is 1. The lowest BCUT2D eigenvalue weighted by atomic mass is 10.1. The Bertz CT molecular complexity index is 1270. The minimum absolute atomic E-state index is 0.0640. The minimum atomic E-state index is -3.30. The summed E-state index contributed by atoms with van der Waals surface area (Å²) in [5.74, 6) is 0.310. The van der Waals surface area contributed by atoms with E-state index in [2.05, 4.69) is 15.2 Å². The van der Waals surface area contributed by atoms with E-state index in [0.717, 1.165) is 16.4 Å². The van der Waals surface area contributed by atoms with Crippen LogP contribution in [0, 0.1) is 6.92 Å². The molecule has 0 atom stereocenters. The first kappa shape index (κ1) is 21.5. The Morgan fingerprint density at radius 2 is 1.87 bits per heavy atom. The van der Waals surface area contributed by atoms with Crippen LogP contribution in [0.25, 0.3) is 16.9 Å². The third-order valence-electron chi connectivity index (χ3n) is 4.51. The van der Waals surface area contributed by atoms with E-state index in [9.17, 15) is 22.0 Å². The monoisotopic (exact) mass is 435 g/mol. The Morgan fingerprint density at radius 3 is 2.40 bits per heavy atom. The van der Waals surface area contributed by atoms with E-state index < -0.39 is 21.6 Å². The molecule has 0 spiro atoms. The maximum Gasteiger partial charge on any atom is 0.349 e. The minimum Gasteiger partial charge on any atom is -0.327 e. The Morgan fingerprint density at radius 1 is 1.20 bits per heavy atom. The lowest BCUT2D eigenvalue weighted by molar-refractivity contribution is 0.407. The number of halogens is 2. The van der Waals surface area contributed by atoms with Crippen molar-refractivity contribution in [3.63, 3.8) is 0 Å². The molecule has 3 N–H and O–H groups in total. The molecule has 3 aromatic rings. The lowest BCUT2D eigenvalue weighted by Crippen LogP contribution is -2.20. The molecule has 11 heteroatoms. The first-order chi connectivity index (χ1) is 14.1. The van der Waals surface area contributed by atoms with Gasteiger partial charge in [0.2, 0.25) is 0 Å². The summed E-state index contributed by atoms with van der Waals surface area (Å²) in [4.78, 5) is 16.7. The summed E-state index contributed by atoms with van der Waals surface area (Å²) in [5.41, 5.74) is 6.45. The summed E-state index contributed by atoms with van der Waals surface area (Å²) in [6, 6.07) is 8.07. The zero-order chi connectivity index (χ0) is 22.1. The van der Waals surface area contributed by atoms with Crippen molar-refractivity contribution in [2.75, 3.05) is 12.8 Å². The molecule has 2 aromatic heterocycles. The predicted molar refractivity (Wildman–Crippen MR) is 107 cm³/mol. The molecule has 0 unspecified atom stereocenters. The zero-order valence-corrected chi connectivity index (χ0v) is 17.0. The normalized spacial score (nSPS) is 11.5. The van der Waals surface area contributed by atoms with E-state index in [1.54, 1.807) is 25.1 Å². The van der Waals surface area contributed by atoms with Crippen molar-refractivity contribution in [2.45, 2.75) is 18.2 Å². The molecule has 0 fully saturated rings. The Labute approximate surface area is 171 Å². The molecule has 0 radical (unpaired) electrons. The molecule has 0 saturated heterocycles. The zero-order valence-electron chi connectivity index (χ0n) is 16.2. The highest BCUT2D eigenvalue weighted by atomic mass is 32.2. The fraction of sp³-hybridized carbons (Fsp3) is 0.211. The fourth-order valence-corrected chi connectivity index (χ4v) is 3.56. The van der Waals surface area contributed by atoms with E-state index in [-0.39, 0.29) is 35.1 Å². The number of rotatable bonds is 6. The molecule has 1 aromatic carbocycles. The van der Waals surface area contributed by atoms with Gasteiger partial charge in [0.25, 0.3) is 6.08 Å². The summed E-state index contributed by atoms with van der Waals surface area (Å²) in [7, 11) is -3.30. The number of aryl methyl sites for hydroxylation is 1. The van der Waals surface area contributed by atoms with Gasteiger partial charge in [-0.05, 0) is 36.2 Å². The molecular weight excluding hydrogens is 416 g/mol. The van der Waals surface area contributed by atoms with Crippen molar-refractivity contribution < 1.29 is 17.2 Å². The number of nitrogens with zero attached hydrogens (tertiary/aromatic N) is 3. The number of nitrogens with one attached hydrogen (secondary N) is 1. The van der Waals surface area contributed by atoms with Gasteiger partial charge in [0.05, 0.1) is 4.90 Å². The van der Waals surface area contributed by atoms with Crippen molar-refractivity contribution in [1.82, 2.24) is 19.7 Å². The van der Waals surface area contributed by atoms with Gasteiger partial charge in [-0.15, -0.1) is 0 Å². The fourth-order valence-electron chi connectivity index (χ4n) is 2.93. The van der Waals surface area contributed by atoms with Crippen molar-refractivity contribution >= 4 is 9.84 Å². The van der Waals surface area contributed by atoms with Crippen LogP contribution in [0.1, 0.15) is 11.4 Å². The van der Waals surface area contributed by atoms with Crippen LogP contribution in [0.15, 0.2) is 57.9 Å². The molecule has 8 nitrogen and oxygen atoms in total. The molecule has 0 saturated carbocycles. The van der Waals surface area contributed by atoms with Gasteiger partial charge in [-0.2, -0.15) is 13.9 Å². The molecule has 158 valence electrons. The van der Waals surface area contributed by atoms with Crippen molar-refractivity contribution in [2.24, 2.45) is 5.73 Å². The van der Waals surface area contributed by atoms with Crippen LogP contribution in [-0.2, 0) is 16.3 Å². The summed E-state index contributed by atoms with van der Waals surface area (Å²) in [6.45, 7) is 1.35. The van der Waals surface area contributed by atoms with Crippen molar-refractivity contribution in [3.8, 4) is 16.9 Å². The van der Waals surface area contributed by atoms with E-state index in [4.69, 9.17) is 5.73 Å². The van der Waals surface area contributed by atoms with E-state index in [1.807, 2.05) is 0 Å². The van der Waals surface area contributed by atoms with Crippen LogP contribution < -0.4 is 11.4 Å². The highest BCUT2D eigenvalue weighted by Gasteiger charge is 2.17. The van der Waals surface area contributed by atoms with E-state index >= 15 is 0 Å². The van der Waals surface area contributed by atoms with Gasteiger partial charge in [-0.25, -0.2) is 27.9 Å². The second kappa shape index (κ2) is 8.28. The summed E-state index contributed by atoms with van der Waals surface area (Å²) in [5, 5.41) is 6.07. The Hall–Kier alpha value is -3.18. The number of hydrogen-bond donors (Lipinski definition) is 2. The number of hydrogen-bond acceptors (Lipinski definition) is 6.